The predicted molar refractivity (Wildman–Crippen MR) is 93.6 cm³/mol. The number of ether oxygens (including phenoxy) is 2. The summed E-state index contributed by atoms with van der Waals surface area (Å²) in [7, 11) is 1.27. The average Bonchev–Trinajstić information content (AvgIpc) is 2.65. The molecule has 1 amide bonds. The molecule has 0 aromatic heterocycles. The summed E-state index contributed by atoms with van der Waals surface area (Å²) in [6.45, 7) is -0.302. The maximum absolute atomic E-state index is 14.3. The van der Waals surface area contributed by atoms with E-state index in [1.165, 1.54) is 19.2 Å². The number of nitrogens with one attached hydrogen (secondary N) is 1. The Morgan fingerprint density at radius 3 is 2.58 bits per heavy atom. The molecule has 0 aliphatic carbocycles. The molecule has 2 aromatic carbocycles. The molecular formula is C18H19ClFNO5. The topological polar surface area (TPSA) is 88.0 Å². The molecule has 2 aromatic rings. The van der Waals surface area contributed by atoms with Gasteiger partial charge in [-0.1, -0.05) is 41.9 Å². The summed E-state index contributed by atoms with van der Waals surface area (Å²) in [5, 5.41) is 22.4. The molecule has 2 rings (SSSR count). The van der Waals surface area contributed by atoms with Crippen LogP contribution >= 0.6 is 11.6 Å². The van der Waals surface area contributed by atoms with Crippen molar-refractivity contribution in [2.24, 2.45) is 0 Å². The Morgan fingerprint density at radius 2 is 1.92 bits per heavy atom. The molecule has 2 unspecified atom stereocenters. The highest BCUT2D eigenvalue weighted by Gasteiger charge is 2.26. The lowest BCUT2D eigenvalue weighted by molar-refractivity contribution is 0.0162. The lowest BCUT2D eigenvalue weighted by atomic mass is 10.0. The van der Waals surface area contributed by atoms with E-state index in [4.69, 9.17) is 21.1 Å². The number of benzene rings is 2. The number of amides is 1. The van der Waals surface area contributed by atoms with Crippen molar-refractivity contribution in [2.75, 3.05) is 13.7 Å². The Labute approximate surface area is 155 Å². The third-order valence-corrected chi connectivity index (χ3v) is 3.97. The smallest absolute Gasteiger partial charge is 0.407 e. The van der Waals surface area contributed by atoms with E-state index in [-0.39, 0.29) is 29.5 Å². The first-order valence-electron chi connectivity index (χ1n) is 7.76. The molecule has 2 atom stereocenters. The summed E-state index contributed by atoms with van der Waals surface area (Å²) in [6.07, 6.45) is -3.94. The molecule has 0 saturated heterocycles. The van der Waals surface area contributed by atoms with Crippen LogP contribution in [0.15, 0.2) is 42.5 Å². The van der Waals surface area contributed by atoms with E-state index in [1.54, 1.807) is 12.1 Å². The number of halogens is 2. The summed E-state index contributed by atoms with van der Waals surface area (Å²) in [6, 6.07) is 11.7. The fraction of sp³-hybridized carbons (Fsp3) is 0.278. The van der Waals surface area contributed by atoms with Crippen molar-refractivity contribution in [3.8, 4) is 5.75 Å². The zero-order valence-electron chi connectivity index (χ0n) is 14.0. The van der Waals surface area contributed by atoms with E-state index < -0.39 is 24.1 Å². The van der Waals surface area contributed by atoms with Gasteiger partial charge in [0.05, 0.1) is 7.11 Å². The Hall–Kier alpha value is -2.35. The van der Waals surface area contributed by atoms with E-state index in [0.717, 1.165) is 5.56 Å². The van der Waals surface area contributed by atoms with Gasteiger partial charge < -0.3 is 25.0 Å². The molecule has 0 aliphatic rings. The van der Waals surface area contributed by atoms with Crippen molar-refractivity contribution >= 4 is 17.7 Å². The second kappa shape index (κ2) is 9.38. The van der Waals surface area contributed by atoms with Crippen LogP contribution in [0.2, 0.25) is 5.02 Å². The Bertz CT molecular complexity index is 744. The highest BCUT2D eigenvalue weighted by Crippen LogP contribution is 2.33. The van der Waals surface area contributed by atoms with E-state index in [1.807, 2.05) is 18.2 Å². The van der Waals surface area contributed by atoms with Gasteiger partial charge in [0.25, 0.3) is 0 Å². The van der Waals surface area contributed by atoms with Crippen molar-refractivity contribution < 1.29 is 28.9 Å². The molecule has 0 aliphatic heterocycles. The first-order valence-corrected chi connectivity index (χ1v) is 8.14. The second-order valence-electron chi connectivity index (χ2n) is 5.43. The standard InChI is InChI=1S/C18H19ClFNO5/c1-25-14-8-7-12(19)15(16(14)20)17(23)13(22)9-21-18(24)26-10-11-5-3-2-4-6-11/h2-8,13,17,22-23H,9-10H2,1H3,(H,21,24). The third-order valence-electron chi connectivity index (χ3n) is 3.64. The van der Waals surface area contributed by atoms with Crippen LogP contribution in [0.5, 0.6) is 5.75 Å². The minimum atomic E-state index is -1.66. The van der Waals surface area contributed by atoms with Crippen LogP contribution in [0.1, 0.15) is 17.2 Å². The average molecular weight is 384 g/mol. The number of alkyl carbamates (subject to hydrolysis) is 1. The number of hydrogen-bond donors (Lipinski definition) is 3. The first kappa shape index (κ1) is 20.0. The zero-order chi connectivity index (χ0) is 19.1. The fourth-order valence-corrected chi connectivity index (χ4v) is 2.50. The number of carbonyl (C=O) groups excluding carboxylic acids is 1. The zero-order valence-corrected chi connectivity index (χ0v) is 14.7. The summed E-state index contributed by atoms with van der Waals surface area (Å²) >= 11 is 5.90. The lowest BCUT2D eigenvalue weighted by Crippen LogP contribution is -2.36. The quantitative estimate of drug-likeness (QED) is 0.684. The van der Waals surface area contributed by atoms with Gasteiger partial charge in [0.2, 0.25) is 0 Å². The van der Waals surface area contributed by atoms with Gasteiger partial charge in [0.15, 0.2) is 11.6 Å². The molecule has 3 N–H and O–H groups in total. The molecular weight excluding hydrogens is 365 g/mol. The van der Waals surface area contributed by atoms with Gasteiger partial charge >= 0.3 is 6.09 Å². The SMILES string of the molecule is COc1ccc(Cl)c(C(O)C(O)CNC(=O)OCc2ccccc2)c1F. The minimum Gasteiger partial charge on any atom is -0.494 e. The molecule has 140 valence electrons. The van der Waals surface area contributed by atoms with Gasteiger partial charge in [-0.2, -0.15) is 0 Å². The molecule has 0 saturated carbocycles. The van der Waals surface area contributed by atoms with Crippen molar-refractivity contribution in [1.29, 1.82) is 0 Å². The lowest BCUT2D eigenvalue weighted by Gasteiger charge is -2.21. The van der Waals surface area contributed by atoms with Crippen LogP contribution in [0.3, 0.4) is 0 Å². The maximum Gasteiger partial charge on any atom is 0.407 e. The van der Waals surface area contributed by atoms with Crippen LogP contribution in [0, 0.1) is 5.82 Å². The van der Waals surface area contributed by atoms with Crippen molar-refractivity contribution in [3.05, 3.63) is 64.4 Å². The van der Waals surface area contributed by atoms with Gasteiger partial charge in [0.1, 0.15) is 18.8 Å². The molecule has 0 fully saturated rings. The van der Waals surface area contributed by atoms with Gasteiger partial charge in [0, 0.05) is 17.1 Å². The van der Waals surface area contributed by atoms with Crippen LogP contribution in [-0.4, -0.2) is 36.1 Å². The van der Waals surface area contributed by atoms with Crippen molar-refractivity contribution in [1.82, 2.24) is 5.32 Å². The molecule has 0 spiro atoms. The fourth-order valence-electron chi connectivity index (χ4n) is 2.24. The number of aliphatic hydroxyl groups is 2. The van der Waals surface area contributed by atoms with E-state index in [9.17, 15) is 19.4 Å². The molecule has 8 heteroatoms. The van der Waals surface area contributed by atoms with Crippen molar-refractivity contribution in [3.63, 3.8) is 0 Å². The number of aliphatic hydroxyl groups excluding tert-OH is 2. The van der Waals surface area contributed by atoms with Gasteiger partial charge in [-0.3, -0.25) is 0 Å². The minimum absolute atomic E-state index is 0.0572. The largest absolute Gasteiger partial charge is 0.494 e. The number of carbonyl (C=O) groups is 1. The third kappa shape index (κ3) is 5.08. The van der Waals surface area contributed by atoms with Crippen LogP contribution in [0.25, 0.3) is 0 Å². The molecule has 0 radical (unpaired) electrons. The van der Waals surface area contributed by atoms with Gasteiger partial charge in [-0.05, 0) is 17.7 Å². The number of rotatable bonds is 7. The van der Waals surface area contributed by atoms with E-state index in [2.05, 4.69) is 5.32 Å². The summed E-state index contributed by atoms with van der Waals surface area (Å²) in [5.41, 5.74) is 0.492. The van der Waals surface area contributed by atoms with E-state index >= 15 is 0 Å². The Balaban J connectivity index is 1.91. The predicted octanol–water partition coefficient (Wildman–Crippen LogP) is 2.81. The van der Waals surface area contributed by atoms with Crippen molar-refractivity contribution in [2.45, 2.75) is 18.8 Å². The van der Waals surface area contributed by atoms with Gasteiger partial charge in [-0.25, -0.2) is 9.18 Å². The van der Waals surface area contributed by atoms with Crippen LogP contribution in [-0.2, 0) is 11.3 Å². The van der Waals surface area contributed by atoms with E-state index in [0.29, 0.717) is 0 Å². The maximum atomic E-state index is 14.3. The number of hydrogen-bond acceptors (Lipinski definition) is 5. The summed E-state index contributed by atoms with van der Waals surface area (Å²) < 4.78 is 24.1. The van der Waals surface area contributed by atoms with Gasteiger partial charge in [-0.15, -0.1) is 0 Å². The molecule has 6 nitrogen and oxygen atoms in total. The Kier molecular flexibility index (Phi) is 7.20. The molecule has 26 heavy (non-hydrogen) atoms. The summed E-state index contributed by atoms with van der Waals surface area (Å²) in [4.78, 5) is 11.7. The Morgan fingerprint density at radius 1 is 1.23 bits per heavy atom. The molecule has 0 bridgehead atoms. The highest BCUT2D eigenvalue weighted by molar-refractivity contribution is 6.31. The molecule has 0 heterocycles. The van der Waals surface area contributed by atoms with Crippen LogP contribution in [0.4, 0.5) is 9.18 Å². The summed E-state index contributed by atoms with van der Waals surface area (Å²) in [5.74, 6) is -0.996. The first-order chi connectivity index (χ1) is 12.4. The highest BCUT2D eigenvalue weighted by atomic mass is 35.5. The second-order valence-corrected chi connectivity index (χ2v) is 5.84. The normalized spacial score (nSPS) is 13.0. The number of methoxy groups -OCH3 is 1. The van der Waals surface area contributed by atoms with Crippen LogP contribution < -0.4 is 10.1 Å². The monoisotopic (exact) mass is 383 g/mol.